The van der Waals surface area contributed by atoms with Crippen LogP contribution in [0.25, 0.3) is 0 Å². The second-order valence-corrected chi connectivity index (χ2v) is 4.67. The summed E-state index contributed by atoms with van der Waals surface area (Å²) in [5.74, 6) is 0. The Morgan fingerprint density at radius 2 is 1.52 bits per heavy atom. The Labute approximate surface area is 135 Å². The van der Waals surface area contributed by atoms with Crippen molar-refractivity contribution >= 4 is 5.69 Å². The van der Waals surface area contributed by atoms with Crippen LogP contribution >= 0.6 is 0 Å². The summed E-state index contributed by atoms with van der Waals surface area (Å²) < 4.78 is 22.8. The molecule has 132 valence electrons. The first-order valence-electron chi connectivity index (χ1n) is 7.72. The fourth-order valence-electron chi connectivity index (χ4n) is 1.63. The fourth-order valence-corrected chi connectivity index (χ4v) is 1.63. The van der Waals surface area contributed by atoms with Crippen molar-refractivity contribution in [2.75, 3.05) is 52.9 Å². The molecule has 0 atom stereocenters. The van der Waals surface area contributed by atoms with Gasteiger partial charge in [0.1, 0.15) is 12.4 Å². The topological polar surface area (TPSA) is 97.9 Å². The third-order valence-corrected chi connectivity index (χ3v) is 2.76. The molecule has 1 heterocycles. The highest BCUT2D eigenvalue weighted by molar-refractivity contribution is 5.20. The highest BCUT2D eigenvalue weighted by Gasteiger charge is 2.07. The molecule has 1 aromatic rings. The molecule has 0 unspecified atom stereocenters. The zero-order valence-electron chi connectivity index (χ0n) is 13.5. The predicted octanol–water partition coefficient (Wildman–Crippen LogP) is 1.27. The third kappa shape index (κ3) is 9.95. The van der Waals surface area contributed by atoms with E-state index >= 15 is 0 Å². The van der Waals surface area contributed by atoms with E-state index < -0.39 is 4.92 Å². The summed E-state index contributed by atoms with van der Waals surface area (Å²) in [4.78, 5) is 10.0. The van der Waals surface area contributed by atoms with E-state index in [1.54, 1.807) is 0 Å². The number of aromatic nitrogens is 2. The minimum absolute atomic E-state index is 0.0200. The Bertz CT molecular complexity index is 426. The quantitative estimate of drug-likeness (QED) is 0.271. The number of hydrogen-bond donors (Lipinski definition) is 0. The number of nitrogens with zero attached hydrogens (tertiary/aromatic N) is 3. The molecule has 0 bridgehead atoms. The maximum Gasteiger partial charge on any atom is 0.306 e. The van der Waals surface area contributed by atoms with Gasteiger partial charge in [-0.2, -0.15) is 5.10 Å². The van der Waals surface area contributed by atoms with Crippen molar-refractivity contribution in [1.29, 1.82) is 0 Å². The molecule has 0 spiro atoms. The number of ether oxygens (including phenoxy) is 4. The second kappa shape index (κ2) is 12.9. The van der Waals surface area contributed by atoms with Crippen LogP contribution in [0.15, 0.2) is 12.4 Å². The van der Waals surface area contributed by atoms with Crippen molar-refractivity contribution in [2.24, 2.45) is 0 Å². The number of rotatable bonds is 15. The van der Waals surface area contributed by atoms with E-state index in [2.05, 4.69) is 12.0 Å². The molecule has 0 aliphatic rings. The van der Waals surface area contributed by atoms with Gasteiger partial charge in [0.25, 0.3) is 0 Å². The smallest absolute Gasteiger partial charge is 0.306 e. The predicted molar refractivity (Wildman–Crippen MR) is 82.4 cm³/mol. The summed E-state index contributed by atoms with van der Waals surface area (Å²) >= 11 is 0. The average molecular weight is 331 g/mol. The van der Waals surface area contributed by atoms with Gasteiger partial charge in [-0.15, -0.1) is 0 Å². The van der Waals surface area contributed by atoms with E-state index in [0.29, 0.717) is 52.8 Å². The van der Waals surface area contributed by atoms with Crippen molar-refractivity contribution in [2.45, 2.75) is 19.9 Å². The summed E-state index contributed by atoms with van der Waals surface area (Å²) in [6.07, 6.45) is 3.61. The van der Waals surface area contributed by atoms with Gasteiger partial charge in [-0.25, -0.2) is 0 Å². The van der Waals surface area contributed by atoms with Gasteiger partial charge in [0.2, 0.25) is 0 Å². The van der Waals surface area contributed by atoms with Crippen LogP contribution in [0, 0.1) is 10.1 Å². The molecular formula is C14H25N3O6. The minimum atomic E-state index is -0.476. The Balaban J connectivity index is 1.83. The van der Waals surface area contributed by atoms with Crippen LogP contribution in [0.5, 0.6) is 0 Å². The minimum Gasteiger partial charge on any atom is -0.379 e. The summed E-state index contributed by atoms with van der Waals surface area (Å²) in [6, 6.07) is 0. The third-order valence-electron chi connectivity index (χ3n) is 2.76. The largest absolute Gasteiger partial charge is 0.379 e. The normalized spacial score (nSPS) is 11.0. The number of nitro groups is 1. The summed E-state index contributed by atoms with van der Waals surface area (Å²) in [5.41, 5.74) is -0.0200. The van der Waals surface area contributed by atoms with Gasteiger partial charge in [0.15, 0.2) is 0 Å². The standard InChI is InChI=1S/C14H25N3O6/c1-2-4-20-6-8-22-10-11-23-9-7-21-5-3-16-13-14(12-15-16)17(18)19/h12-13H,2-11H2,1H3. The highest BCUT2D eigenvalue weighted by atomic mass is 16.6. The maximum absolute atomic E-state index is 10.5. The van der Waals surface area contributed by atoms with Gasteiger partial charge in [-0.1, -0.05) is 6.92 Å². The number of hydrogen-bond acceptors (Lipinski definition) is 7. The monoisotopic (exact) mass is 331 g/mol. The van der Waals surface area contributed by atoms with Gasteiger partial charge < -0.3 is 18.9 Å². The lowest BCUT2D eigenvalue weighted by atomic mass is 10.5. The molecule has 0 radical (unpaired) electrons. The van der Waals surface area contributed by atoms with Crippen LogP contribution in [0.2, 0.25) is 0 Å². The Kier molecular flexibility index (Phi) is 11.0. The molecule has 1 aromatic heterocycles. The lowest BCUT2D eigenvalue weighted by Crippen LogP contribution is -2.13. The molecule has 9 heteroatoms. The molecule has 0 saturated carbocycles. The summed E-state index contributed by atoms with van der Waals surface area (Å²) in [5, 5.41) is 14.4. The lowest BCUT2D eigenvalue weighted by molar-refractivity contribution is -0.385. The zero-order valence-corrected chi connectivity index (χ0v) is 13.5. The van der Waals surface area contributed by atoms with Crippen LogP contribution in [0.4, 0.5) is 5.69 Å². The second-order valence-electron chi connectivity index (χ2n) is 4.67. The van der Waals surface area contributed by atoms with E-state index in [9.17, 15) is 10.1 Å². The van der Waals surface area contributed by atoms with Crippen molar-refractivity contribution in [3.8, 4) is 0 Å². The highest BCUT2D eigenvalue weighted by Crippen LogP contribution is 2.07. The molecule has 0 saturated heterocycles. The lowest BCUT2D eigenvalue weighted by Gasteiger charge is -2.07. The van der Waals surface area contributed by atoms with Gasteiger partial charge in [0, 0.05) is 6.61 Å². The zero-order chi connectivity index (χ0) is 16.8. The van der Waals surface area contributed by atoms with E-state index in [4.69, 9.17) is 18.9 Å². The molecule has 0 aromatic carbocycles. The molecule has 0 aliphatic heterocycles. The summed E-state index contributed by atoms with van der Waals surface area (Å²) in [6.45, 7) is 6.91. The molecule has 0 N–H and O–H groups in total. The van der Waals surface area contributed by atoms with Gasteiger partial charge >= 0.3 is 5.69 Å². The molecule has 23 heavy (non-hydrogen) atoms. The van der Waals surface area contributed by atoms with Gasteiger partial charge in [-0.3, -0.25) is 14.8 Å². The first-order valence-corrected chi connectivity index (χ1v) is 7.72. The van der Waals surface area contributed by atoms with Crippen LogP contribution in [-0.2, 0) is 25.5 Å². The first kappa shape index (κ1) is 19.5. The van der Waals surface area contributed by atoms with Gasteiger partial charge in [0.05, 0.1) is 57.7 Å². The molecule has 0 fully saturated rings. The maximum atomic E-state index is 10.5. The van der Waals surface area contributed by atoms with Crippen LogP contribution in [0.3, 0.4) is 0 Å². The SMILES string of the molecule is CCCOCCOCCOCCOCCn1cc([N+](=O)[O-])cn1. The molecular weight excluding hydrogens is 306 g/mol. The van der Waals surface area contributed by atoms with Crippen LogP contribution in [-0.4, -0.2) is 67.6 Å². The average Bonchev–Trinajstić information content (AvgIpc) is 3.01. The molecule has 0 aliphatic carbocycles. The van der Waals surface area contributed by atoms with Crippen molar-refractivity contribution in [1.82, 2.24) is 9.78 Å². The molecule has 9 nitrogen and oxygen atoms in total. The van der Waals surface area contributed by atoms with Gasteiger partial charge in [-0.05, 0) is 6.42 Å². The Hall–Kier alpha value is -1.55. The van der Waals surface area contributed by atoms with Crippen molar-refractivity contribution in [3.63, 3.8) is 0 Å². The van der Waals surface area contributed by atoms with E-state index in [1.807, 2.05) is 0 Å². The van der Waals surface area contributed by atoms with Crippen LogP contribution in [0.1, 0.15) is 13.3 Å². The molecule has 0 amide bonds. The Morgan fingerprint density at radius 1 is 1.00 bits per heavy atom. The van der Waals surface area contributed by atoms with E-state index in [1.165, 1.54) is 17.1 Å². The van der Waals surface area contributed by atoms with Crippen molar-refractivity contribution in [3.05, 3.63) is 22.5 Å². The fraction of sp³-hybridized carbons (Fsp3) is 0.786. The van der Waals surface area contributed by atoms with E-state index in [0.717, 1.165) is 13.0 Å². The Morgan fingerprint density at radius 3 is 2.00 bits per heavy atom. The first-order chi connectivity index (χ1) is 11.2. The molecule has 1 rings (SSSR count). The van der Waals surface area contributed by atoms with E-state index in [-0.39, 0.29) is 5.69 Å². The van der Waals surface area contributed by atoms with Crippen LogP contribution < -0.4 is 0 Å². The van der Waals surface area contributed by atoms with Crippen molar-refractivity contribution < 1.29 is 23.9 Å². The summed E-state index contributed by atoms with van der Waals surface area (Å²) in [7, 11) is 0.